The summed E-state index contributed by atoms with van der Waals surface area (Å²) < 4.78 is 0. The van der Waals surface area contributed by atoms with Crippen molar-refractivity contribution in [2.75, 3.05) is 23.9 Å². The van der Waals surface area contributed by atoms with Crippen LogP contribution in [-0.4, -0.2) is 28.5 Å². The monoisotopic (exact) mass is 272 g/mol. The van der Waals surface area contributed by atoms with Crippen molar-refractivity contribution in [2.24, 2.45) is 5.84 Å². The number of nitrogen functional groups attached to an aromatic ring is 1. The Morgan fingerprint density at radius 1 is 1.25 bits per heavy atom. The van der Waals surface area contributed by atoms with Crippen molar-refractivity contribution in [3.63, 3.8) is 0 Å². The molecule has 2 aromatic heterocycles. The number of nitrogens with one attached hydrogen (secondary N) is 1. The number of hydrogen-bond donors (Lipinski definition) is 2. The zero-order chi connectivity index (χ0) is 14.4. The maximum absolute atomic E-state index is 5.44. The highest BCUT2D eigenvalue weighted by Crippen LogP contribution is 2.15. The first-order valence-electron chi connectivity index (χ1n) is 6.67. The van der Waals surface area contributed by atoms with Crippen LogP contribution in [0.25, 0.3) is 0 Å². The molecule has 0 aliphatic rings. The van der Waals surface area contributed by atoms with Gasteiger partial charge in [0.15, 0.2) is 0 Å². The summed E-state index contributed by atoms with van der Waals surface area (Å²) in [7, 11) is 2.02. The minimum atomic E-state index is 0.641. The Hall–Kier alpha value is -2.21. The second kappa shape index (κ2) is 6.81. The molecule has 6 nitrogen and oxygen atoms in total. The topological polar surface area (TPSA) is 80.0 Å². The van der Waals surface area contributed by atoms with Crippen LogP contribution in [0.4, 0.5) is 11.6 Å². The number of hydrazine groups is 1. The number of likely N-dealkylation sites (N-methyl/N-ethyl adjacent to an activating group) is 1. The third-order valence-corrected chi connectivity index (χ3v) is 3.10. The van der Waals surface area contributed by atoms with Gasteiger partial charge in [-0.2, -0.15) is 0 Å². The molecule has 0 fully saturated rings. The lowest BCUT2D eigenvalue weighted by molar-refractivity contribution is 0.836. The van der Waals surface area contributed by atoms with Crippen LogP contribution < -0.4 is 16.2 Å². The van der Waals surface area contributed by atoms with Gasteiger partial charge < -0.3 is 10.3 Å². The van der Waals surface area contributed by atoms with E-state index >= 15 is 0 Å². The number of pyridine rings is 1. The van der Waals surface area contributed by atoms with Crippen LogP contribution in [0.3, 0.4) is 0 Å². The molecule has 106 valence electrons. The molecule has 2 aromatic rings. The van der Waals surface area contributed by atoms with Crippen LogP contribution in [-0.2, 0) is 12.8 Å². The van der Waals surface area contributed by atoms with Crippen molar-refractivity contribution >= 4 is 11.6 Å². The summed E-state index contributed by atoms with van der Waals surface area (Å²) in [6.45, 7) is 2.89. The molecular formula is C14H20N6. The molecule has 0 radical (unpaired) electrons. The maximum atomic E-state index is 5.44. The van der Waals surface area contributed by atoms with Gasteiger partial charge in [-0.15, -0.1) is 0 Å². The van der Waals surface area contributed by atoms with Crippen molar-refractivity contribution in [3.8, 4) is 0 Å². The number of anilines is 2. The first-order chi connectivity index (χ1) is 9.72. The van der Waals surface area contributed by atoms with Gasteiger partial charge in [-0.05, 0) is 24.1 Å². The number of nitrogens with zero attached hydrogens (tertiary/aromatic N) is 4. The summed E-state index contributed by atoms with van der Waals surface area (Å²) in [6.07, 6.45) is 5.34. The van der Waals surface area contributed by atoms with E-state index in [0.29, 0.717) is 5.82 Å². The molecular weight excluding hydrogens is 252 g/mol. The smallest absolute Gasteiger partial charge is 0.145 e. The molecule has 0 aliphatic carbocycles. The van der Waals surface area contributed by atoms with Gasteiger partial charge in [0.25, 0.3) is 0 Å². The molecule has 2 rings (SSSR count). The highest BCUT2D eigenvalue weighted by Gasteiger charge is 2.07. The summed E-state index contributed by atoms with van der Waals surface area (Å²) in [5.41, 5.74) is 3.84. The van der Waals surface area contributed by atoms with Crippen LogP contribution in [0.1, 0.15) is 18.3 Å². The second-order valence-corrected chi connectivity index (χ2v) is 4.55. The standard InChI is InChI=1S/C14H20N6/c1-3-12-17-13(19-15)10-14(18-12)20(2)9-6-11-4-7-16-8-5-11/h4-5,7-8,10H,3,6,9,15H2,1-2H3,(H,17,18,19). The average Bonchev–Trinajstić information content (AvgIpc) is 2.52. The first-order valence-corrected chi connectivity index (χ1v) is 6.67. The summed E-state index contributed by atoms with van der Waals surface area (Å²) in [5.74, 6) is 7.74. The molecule has 0 bridgehead atoms. The molecule has 0 unspecified atom stereocenters. The number of rotatable bonds is 6. The van der Waals surface area contributed by atoms with Crippen LogP contribution in [0.15, 0.2) is 30.6 Å². The predicted octanol–water partition coefficient (Wildman–Crippen LogP) is 1.40. The van der Waals surface area contributed by atoms with Gasteiger partial charge in [-0.25, -0.2) is 15.8 Å². The fourth-order valence-corrected chi connectivity index (χ4v) is 1.87. The zero-order valence-electron chi connectivity index (χ0n) is 11.9. The lowest BCUT2D eigenvalue weighted by Gasteiger charge is -2.19. The third-order valence-electron chi connectivity index (χ3n) is 3.10. The number of hydrogen-bond acceptors (Lipinski definition) is 6. The van der Waals surface area contributed by atoms with Gasteiger partial charge in [-0.3, -0.25) is 4.98 Å². The van der Waals surface area contributed by atoms with Crippen molar-refractivity contribution in [1.29, 1.82) is 0 Å². The largest absolute Gasteiger partial charge is 0.359 e. The van der Waals surface area contributed by atoms with Crippen LogP contribution in [0.2, 0.25) is 0 Å². The Kier molecular flexibility index (Phi) is 4.84. The summed E-state index contributed by atoms with van der Waals surface area (Å²) >= 11 is 0. The quantitative estimate of drug-likeness (QED) is 0.611. The highest BCUT2D eigenvalue weighted by atomic mass is 15.3. The Balaban J connectivity index is 2.06. The Morgan fingerprint density at radius 3 is 2.65 bits per heavy atom. The van der Waals surface area contributed by atoms with Gasteiger partial charge in [0.2, 0.25) is 0 Å². The molecule has 2 heterocycles. The van der Waals surface area contributed by atoms with Crippen molar-refractivity contribution in [3.05, 3.63) is 42.0 Å². The molecule has 3 N–H and O–H groups in total. The Morgan fingerprint density at radius 2 is 2.00 bits per heavy atom. The minimum absolute atomic E-state index is 0.641. The molecule has 0 saturated heterocycles. The van der Waals surface area contributed by atoms with E-state index < -0.39 is 0 Å². The fourth-order valence-electron chi connectivity index (χ4n) is 1.87. The Labute approximate surface area is 119 Å². The van der Waals surface area contributed by atoms with E-state index in [1.807, 2.05) is 44.6 Å². The van der Waals surface area contributed by atoms with Gasteiger partial charge in [0.05, 0.1) is 0 Å². The van der Waals surface area contributed by atoms with E-state index in [-0.39, 0.29) is 0 Å². The molecule has 0 atom stereocenters. The van der Waals surface area contributed by atoms with E-state index in [9.17, 15) is 0 Å². The van der Waals surface area contributed by atoms with E-state index in [1.165, 1.54) is 5.56 Å². The van der Waals surface area contributed by atoms with Crippen molar-refractivity contribution in [2.45, 2.75) is 19.8 Å². The molecule has 0 spiro atoms. The molecule has 0 aromatic carbocycles. The van der Waals surface area contributed by atoms with Crippen LogP contribution in [0, 0.1) is 0 Å². The second-order valence-electron chi connectivity index (χ2n) is 4.55. The predicted molar refractivity (Wildman–Crippen MR) is 80.4 cm³/mol. The molecule has 0 saturated carbocycles. The van der Waals surface area contributed by atoms with E-state index in [4.69, 9.17) is 5.84 Å². The highest BCUT2D eigenvalue weighted by molar-refractivity contribution is 5.48. The van der Waals surface area contributed by atoms with E-state index in [1.54, 1.807) is 0 Å². The normalized spacial score (nSPS) is 10.3. The molecule has 0 amide bonds. The van der Waals surface area contributed by atoms with Crippen molar-refractivity contribution < 1.29 is 0 Å². The molecule has 0 aliphatic heterocycles. The van der Waals surface area contributed by atoms with E-state index in [0.717, 1.165) is 31.0 Å². The minimum Gasteiger partial charge on any atom is -0.359 e. The summed E-state index contributed by atoms with van der Waals surface area (Å²) in [4.78, 5) is 14.9. The summed E-state index contributed by atoms with van der Waals surface area (Å²) in [6, 6.07) is 5.90. The van der Waals surface area contributed by atoms with Gasteiger partial charge in [-0.1, -0.05) is 6.92 Å². The molecule has 20 heavy (non-hydrogen) atoms. The lowest BCUT2D eigenvalue weighted by atomic mass is 10.2. The fraction of sp³-hybridized carbons (Fsp3) is 0.357. The number of nitrogens with two attached hydrogens (primary N) is 1. The maximum Gasteiger partial charge on any atom is 0.145 e. The average molecular weight is 272 g/mol. The van der Waals surface area contributed by atoms with Gasteiger partial charge in [0, 0.05) is 38.5 Å². The first kappa shape index (κ1) is 14.2. The van der Waals surface area contributed by atoms with Gasteiger partial charge >= 0.3 is 0 Å². The van der Waals surface area contributed by atoms with Gasteiger partial charge in [0.1, 0.15) is 17.5 Å². The van der Waals surface area contributed by atoms with E-state index in [2.05, 4.69) is 25.3 Å². The molecule has 6 heteroatoms. The zero-order valence-corrected chi connectivity index (χ0v) is 11.9. The Bertz CT molecular complexity index is 520. The number of aromatic nitrogens is 3. The lowest BCUT2D eigenvalue weighted by Crippen LogP contribution is -2.23. The van der Waals surface area contributed by atoms with Crippen LogP contribution in [0.5, 0.6) is 0 Å². The summed E-state index contributed by atoms with van der Waals surface area (Å²) in [5, 5.41) is 0. The number of aryl methyl sites for hydroxylation is 1. The van der Waals surface area contributed by atoms with Crippen molar-refractivity contribution in [1.82, 2.24) is 15.0 Å². The third kappa shape index (κ3) is 3.64. The SMILES string of the molecule is CCc1nc(NN)cc(N(C)CCc2ccncc2)n1. The van der Waals surface area contributed by atoms with Crippen LogP contribution >= 0.6 is 0 Å².